The smallest absolute Gasteiger partial charge is 0.266 e. The normalized spacial score (nSPS) is 11.0. The van der Waals surface area contributed by atoms with E-state index in [9.17, 15) is 10.1 Å². The van der Waals surface area contributed by atoms with E-state index in [1.165, 1.54) is 6.08 Å². The second-order valence-electron chi connectivity index (χ2n) is 7.08. The predicted octanol–water partition coefficient (Wildman–Crippen LogP) is 6.73. The first-order chi connectivity index (χ1) is 14.9. The van der Waals surface area contributed by atoms with Crippen molar-refractivity contribution in [3.05, 3.63) is 98.5 Å². The van der Waals surface area contributed by atoms with E-state index in [4.69, 9.17) is 27.9 Å². The lowest BCUT2D eigenvalue weighted by molar-refractivity contribution is -0.112. The summed E-state index contributed by atoms with van der Waals surface area (Å²) in [6.07, 6.45) is 1.44. The molecule has 0 bridgehead atoms. The third-order valence-corrected chi connectivity index (χ3v) is 5.03. The van der Waals surface area contributed by atoms with Gasteiger partial charge in [-0.25, -0.2) is 0 Å². The number of carbonyl (C=O) groups is 1. The van der Waals surface area contributed by atoms with Gasteiger partial charge in [-0.3, -0.25) is 4.79 Å². The minimum atomic E-state index is -0.515. The van der Waals surface area contributed by atoms with E-state index in [1.807, 2.05) is 56.3 Å². The van der Waals surface area contributed by atoms with E-state index in [0.29, 0.717) is 33.7 Å². The lowest BCUT2D eigenvalue weighted by Gasteiger charge is -2.11. The molecule has 3 aromatic carbocycles. The van der Waals surface area contributed by atoms with Crippen LogP contribution in [-0.4, -0.2) is 5.91 Å². The molecular weight excluding hydrogens is 431 g/mol. The average Bonchev–Trinajstić information content (AvgIpc) is 2.73. The Labute approximate surface area is 191 Å². The summed E-state index contributed by atoms with van der Waals surface area (Å²) in [5, 5.41) is 12.7. The highest BCUT2D eigenvalue weighted by Gasteiger charge is 2.13. The first-order valence-electron chi connectivity index (χ1n) is 9.53. The summed E-state index contributed by atoms with van der Waals surface area (Å²) in [4.78, 5) is 12.5. The van der Waals surface area contributed by atoms with E-state index >= 15 is 0 Å². The third kappa shape index (κ3) is 6.11. The molecule has 0 saturated carbocycles. The molecule has 0 fully saturated rings. The fraction of sp³-hybridized carbons (Fsp3) is 0.120. The third-order valence-electron chi connectivity index (χ3n) is 4.47. The van der Waals surface area contributed by atoms with Gasteiger partial charge in [0.25, 0.3) is 5.91 Å². The van der Waals surface area contributed by atoms with Crippen molar-refractivity contribution in [1.82, 2.24) is 0 Å². The maximum atomic E-state index is 12.5. The first-order valence-corrected chi connectivity index (χ1v) is 10.3. The quantitative estimate of drug-likeness (QED) is 0.334. The Bertz CT molecular complexity index is 1160. The molecular formula is C25H20Cl2N2O2. The first kappa shape index (κ1) is 22.4. The van der Waals surface area contributed by atoms with Crippen LogP contribution in [0.2, 0.25) is 10.0 Å². The Balaban J connectivity index is 1.76. The summed E-state index contributed by atoms with van der Waals surface area (Å²) in [6, 6.07) is 20.4. The van der Waals surface area contributed by atoms with Gasteiger partial charge < -0.3 is 10.1 Å². The van der Waals surface area contributed by atoms with Crippen molar-refractivity contribution in [1.29, 1.82) is 5.26 Å². The zero-order valence-corrected chi connectivity index (χ0v) is 18.6. The van der Waals surface area contributed by atoms with Crippen molar-refractivity contribution in [3.63, 3.8) is 0 Å². The Morgan fingerprint density at radius 2 is 1.71 bits per heavy atom. The molecule has 0 aliphatic rings. The van der Waals surface area contributed by atoms with Gasteiger partial charge in [0.15, 0.2) is 5.75 Å². The molecule has 0 radical (unpaired) electrons. The van der Waals surface area contributed by atoms with Crippen LogP contribution in [0.3, 0.4) is 0 Å². The molecule has 0 spiro atoms. The monoisotopic (exact) mass is 450 g/mol. The number of hydrogen-bond acceptors (Lipinski definition) is 3. The summed E-state index contributed by atoms with van der Waals surface area (Å²) in [6.45, 7) is 4.28. The second kappa shape index (κ2) is 10.2. The van der Waals surface area contributed by atoms with Crippen molar-refractivity contribution < 1.29 is 9.53 Å². The molecule has 31 heavy (non-hydrogen) atoms. The molecule has 156 valence electrons. The standard InChI is InChI=1S/C25H20Cl2N2O2/c1-16-6-8-21(9-7-16)29-25(30)20(14-28)11-19-12-22(26)24(23(27)13-19)31-15-18-5-3-4-17(2)10-18/h3-13H,15H2,1-2H3,(H,29,30)/b20-11+. The number of aryl methyl sites for hydroxylation is 2. The van der Waals surface area contributed by atoms with E-state index in [2.05, 4.69) is 5.32 Å². The van der Waals surface area contributed by atoms with Crippen molar-refractivity contribution >= 4 is 40.9 Å². The Morgan fingerprint density at radius 1 is 1.03 bits per heavy atom. The number of nitrogens with one attached hydrogen (secondary N) is 1. The molecule has 0 atom stereocenters. The van der Waals surface area contributed by atoms with Gasteiger partial charge in [-0.1, -0.05) is 70.7 Å². The highest BCUT2D eigenvalue weighted by molar-refractivity contribution is 6.37. The number of carbonyl (C=O) groups excluding carboxylic acids is 1. The topological polar surface area (TPSA) is 62.1 Å². The molecule has 3 aromatic rings. The molecule has 0 aromatic heterocycles. The van der Waals surface area contributed by atoms with Gasteiger partial charge in [-0.05, 0) is 55.3 Å². The van der Waals surface area contributed by atoms with Gasteiger partial charge in [-0.2, -0.15) is 5.26 Å². The molecule has 0 aliphatic heterocycles. The minimum absolute atomic E-state index is 0.0684. The maximum Gasteiger partial charge on any atom is 0.266 e. The van der Waals surface area contributed by atoms with Crippen molar-refractivity contribution in [2.24, 2.45) is 0 Å². The van der Waals surface area contributed by atoms with Crippen LogP contribution >= 0.6 is 23.2 Å². The number of benzene rings is 3. The zero-order valence-electron chi connectivity index (χ0n) is 17.1. The molecule has 3 rings (SSSR count). The van der Waals surface area contributed by atoms with Gasteiger partial charge in [0.2, 0.25) is 0 Å². The van der Waals surface area contributed by atoms with Crippen LogP contribution in [0.25, 0.3) is 6.08 Å². The molecule has 4 nitrogen and oxygen atoms in total. The predicted molar refractivity (Wildman–Crippen MR) is 125 cm³/mol. The molecule has 0 heterocycles. The number of nitriles is 1. The molecule has 0 saturated heterocycles. The van der Waals surface area contributed by atoms with Crippen LogP contribution in [0.4, 0.5) is 5.69 Å². The van der Waals surface area contributed by atoms with Crippen LogP contribution in [0, 0.1) is 25.2 Å². The van der Waals surface area contributed by atoms with E-state index < -0.39 is 5.91 Å². The highest BCUT2D eigenvalue weighted by Crippen LogP contribution is 2.35. The Morgan fingerprint density at radius 3 is 2.32 bits per heavy atom. The number of ether oxygens (including phenoxy) is 1. The Hall–Kier alpha value is -3.26. The fourth-order valence-corrected chi connectivity index (χ4v) is 3.52. The summed E-state index contributed by atoms with van der Waals surface area (Å²) in [5.41, 5.74) is 4.26. The second-order valence-corrected chi connectivity index (χ2v) is 7.90. The fourth-order valence-electron chi connectivity index (χ4n) is 2.91. The zero-order chi connectivity index (χ0) is 22.4. The van der Waals surface area contributed by atoms with Crippen LogP contribution in [-0.2, 0) is 11.4 Å². The number of anilines is 1. The number of rotatable bonds is 6. The molecule has 6 heteroatoms. The minimum Gasteiger partial charge on any atom is -0.486 e. The maximum absolute atomic E-state index is 12.5. The number of nitrogens with zero attached hydrogens (tertiary/aromatic N) is 1. The number of halogens is 2. The van der Waals surface area contributed by atoms with Crippen molar-refractivity contribution in [2.45, 2.75) is 20.5 Å². The van der Waals surface area contributed by atoms with E-state index in [-0.39, 0.29) is 5.57 Å². The SMILES string of the molecule is Cc1ccc(NC(=O)/C(C#N)=C/c2cc(Cl)c(OCc3cccc(C)c3)c(Cl)c2)cc1. The molecule has 0 aliphatic carbocycles. The van der Waals surface area contributed by atoms with Crippen LogP contribution < -0.4 is 10.1 Å². The van der Waals surface area contributed by atoms with Gasteiger partial charge >= 0.3 is 0 Å². The number of amides is 1. The molecule has 0 unspecified atom stereocenters. The summed E-state index contributed by atoms with van der Waals surface area (Å²) in [7, 11) is 0. The number of hydrogen-bond donors (Lipinski definition) is 1. The Kier molecular flexibility index (Phi) is 7.36. The largest absolute Gasteiger partial charge is 0.486 e. The average molecular weight is 451 g/mol. The van der Waals surface area contributed by atoms with E-state index in [1.54, 1.807) is 24.3 Å². The lowest BCUT2D eigenvalue weighted by Crippen LogP contribution is -2.13. The van der Waals surface area contributed by atoms with Gasteiger partial charge in [0.05, 0.1) is 10.0 Å². The van der Waals surface area contributed by atoms with Crippen LogP contribution in [0.1, 0.15) is 22.3 Å². The van der Waals surface area contributed by atoms with Crippen LogP contribution in [0.15, 0.2) is 66.2 Å². The highest BCUT2D eigenvalue weighted by atomic mass is 35.5. The van der Waals surface area contributed by atoms with E-state index in [0.717, 1.165) is 16.7 Å². The summed E-state index contributed by atoms with van der Waals surface area (Å²) in [5.74, 6) is -0.164. The van der Waals surface area contributed by atoms with Gasteiger partial charge in [-0.15, -0.1) is 0 Å². The van der Waals surface area contributed by atoms with Crippen molar-refractivity contribution in [3.8, 4) is 11.8 Å². The van der Waals surface area contributed by atoms with Crippen molar-refractivity contribution in [2.75, 3.05) is 5.32 Å². The van der Waals surface area contributed by atoms with Gasteiger partial charge in [0, 0.05) is 5.69 Å². The lowest BCUT2D eigenvalue weighted by atomic mass is 10.1. The molecule has 1 amide bonds. The van der Waals surface area contributed by atoms with Gasteiger partial charge in [0.1, 0.15) is 18.2 Å². The summed E-state index contributed by atoms with van der Waals surface area (Å²) >= 11 is 12.7. The molecule has 1 N–H and O–H groups in total. The summed E-state index contributed by atoms with van der Waals surface area (Å²) < 4.78 is 5.80. The van der Waals surface area contributed by atoms with Crippen LogP contribution in [0.5, 0.6) is 5.75 Å².